The zero-order chi connectivity index (χ0) is 23.2. The first-order valence-electron chi connectivity index (χ1n) is 9.69. The Labute approximate surface area is 179 Å². The van der Waals surface area contributed by atoms with Crippen LogP contribution in [0, 0.1) is 22.0 Å². The van der Waals surface area contributed by atoms with E-state index in [1.807, 2.05) is 0 Å². The van der Waals surface area contributed by atoms with Crippen LogP contribution in [-0.2, 0) is 33.3 Å². The summed E-state index contributed by atoms with van der Waals surface area (Å²) >= 11 is 0. The minimum atomic E-state index is -1.71. The van der Waals surface area contributed by atoms with Crippen molar-refractivity contribution in [3.63, 3.8) is 0 Å². The average Bonchev–Trinajstić information content (AvgIpc) is 2.75. The Morgan fingerprint density at radius 3 is 2.16 bits per heavy atom. The van der Waals surface area contributed by atoms with Crippen LogP contribution in [-0.4, -0.2) is 55.9 Å². The number of ketones is 1. The van der Waals surface area contributed by atoms with Gasteiger partial charge in [-0.3, -0.25) is 24.5 Å². The lowest BCUT2D eigenvalue weighted by atomic mass is 9.74. The predicted octanol–water partition coefficient (Wildman–Crippen LogP) is 2.30. The third kappa shape index (κ3) is 4.80. The smallest absolute Gasteiger partial charge is 0.320 e. The summed E-state index contributed by atoms with van der Waals surface area (Å²) in [5, 5.41) is 11.4. The van der Waals surface area contributed by atoms with Gasteiger partial charge in [0.25, 0.3) is 5.69 Å². The monoisotopic (exact) mass is 435 g/mol. The van der Waals surface area contributed by atoms with Crippen molar-refractivity contribution in [2.45, 2.75) is 26.1 Å². The largest absolute Gasteiger partial charge is 0.465 e. The van der Waals surface area contributed by atoms with Crippen molar-refractivity contribution >= 4 is 29.0 Å². The number of methoxy groups -OCH3 is 2. The molecule has 10 heteroatoms. The minimum absolute atomic E-state index is 0.00119. The van der Waals surface area contributed by atoms with Gasteiger partial charge in [0.1, 0.15) is 0 Å². The molecule has 31 heavy (non-hydrogen) atoms. The molecule has 0 fully saturated rings. The molecule has 1 aliphatic rings. The van der Waals surface area contributed by atoms with Crippen LogP contribution in [0.1, 0.15) is 25.8 Å². The molecule has 0 bridgehead atoms. The summed E-state index contributed by atoms with van der Waals surface area (Å²) < 4.78 is 21.1. The summed E-state index contributed by atoms with van der Waals surface area (Å²) in [5.41, 5.74) is -0.189. The lowest BCUT2D eigenvalue weighted by Crippen LogP contribution is -2.52. The number of nitro benzene ring substituents is 1. The highest BCUT2D eigenvalue weighted by atomic mass is 16.7. The van der Waals surface area contributed by atoms with Crippen molar-refractivity contribution < 1.29 is 38.3 Å². The molecule has 1 unspecified atom stereocenters. The van der Waals surface area contributed by atoms with E-state index in [2.05, 4.69) is 0 Å². The molecule has 0 spiro atoms. The fourth-order valence-corrected chi connectivity index (χ4v) is 3.67. The zero-order valence-corrected chi connectivity index (χ0v) is 17.8. The van der Waals surface area contributed by atoms with Crippen molar-refractivity contribution in [3.05, 3.63) is 46.0 Å². The number of para-hydroxylation sites is 1. The number of esters is 2. The molecule has 1 aliphatic carbocycles. The van der Waals surface area contributed by atoms with Crippen LogP contribution in [0.5, 0.6) is 0 Å². The second kappa shape index (κ2) is 10.3. The van der Waals surface area contributed by atoms with Crippen molar-refractivity contribution in [2.75, 3.05) is 27.4 Å². The second-order valence-corrected chi connectivity index (χ2v) is 6.68. The number of nitro groups is 1. The van der Waals surface area contributed by atoms with E-state index in [9.17, 15) is 24.5 Å². The van der Waals surface area contributed by atoms with Gasteiger partial charge in [-0.1, -0.05) is 12.1 Å². The number of allylic oxidation sites excluding steroid dienone is 1. The van der Waals surface area contributed by atoms with E-state index in [0.29, 0.717) is 0 Å². The number of Topliss-reactive ketones (excluding diaryl/α,β-unsaturated/α-hetero) is 1. The van der Waals surface area contributed by atoms with Gasteiger partial charge in [-0.25, -0.2) is 0 Å². The molecule has 2 rings (SSSR count). The number of ether oxygens (including phenoxy) is 4. The van der Waals surface area contributed by atoms with E-state index in [1.165, 1.54) is 38.5 Å². The number of hydrogen-bond acceptors (Lipinski definition) is 9. The number of carbonyl (C=O) groups excluding carboxylic acids is 3. The van der Waals surface area contributed by atoms with E-state index in [0.717, 1.165) is 0 Å². The predicted molar refractivity (Wildman–Crippen MR) is 108 cm³/mol. The van der Waals surface area contributed by atoms with Gasteiger partial charge in [-0.15, -0.1) is 0 Å². The second-order valence-electron chi connectivity index (χ2n) is 6.68. The molecule has 1 aromatic rings. The maximum absolute atomic E-state index is 13.1. The van der Waals surface area contributed by atoms with Crippen molar-refractivity contribution in [1.29, 1.82) is 0 Å². The van der Waals surface area contributed by atoms with Crippen LogP contribution in [0.25, 0.3) is 5.57 Å². The number of nitrogens with zero attached hydrogens (tertiary/aromatic N) is 1. The summed E-state index contributed by atoms with van der Waals surface area (Å²) in [6, 6.07) is 5.75. The van der Waals surface area contributed by atoms with Crippen molar-refractivity contribution in [1.82, 2.24) is 0 Å². The highest BCUT2D eigenvalue weighted by molar-refractivity contribution is 6.23. The summed E-state index contributed by atoms with van der Waals surface area (Å²) in [4.78, 5) is 49.2. The Bertz CT molecular complexity index is 871. The third-order valence-corrected chi connectivity index (χ3v) is 5.08. The molecule has 0 radical (unpaired) electrons. The Hall–Kier alpha value is -3.11. The molecule has 0 amide bonds. The Morgan fingerprint density at radius 2 is 1.68 bits per heavy atom. The highest BCUT2D eigenvalue weighted by Crippen LogP contribution is 2.43. The quantitative estimate of drug-likeness (QED) is 0.188. The van der Waals surface area contributed by atoms with Crippen LogP contribution < -0.4 is 0 Å². The lowest BCUT2D eigenvalue weighted by molar-refractivity contribution is -0.385. The number of rotatable bonds is 9. The number of benzene rings is 1. The molecule has 10 nitrogen and oxygen atoms in total. The van der Waals surface area contributed by atoms with Crippen molar-refractivity contribution in [3.8, 4) is 0 Å². The molecule has 0 saturated carbocycles. The van der Waals surface area contributed by atoms with Crippen LogP contribution in [0.3, 0.4) is 0 Å². The molecule has 168 valence electrons. The van der Waals surface area contributed by atoms with Gasteiger partial charge in [0.15, 0.2) is 17.5 Å². The molecule has 0 N–H and O–H groups in total. The molecular formula is C21H25NO9. The first-order valence-corrected chi connectivity index (χ1v) is 9.69. The summed E-state index contributed by atoms with van der Waals surface area (Å²) in [7, 11) is 2.57. The molecule has 1 atom stereocenters. The fourth-order valence-electron chi connectivity index (χ4n) is 3.67. The summed E-state index contributed by atoms with van der Waals surface area (Å²) in [6.07, 6.45) is 0.916. The van der Waals surface area contributed by atoms with Crippen LogP contribution in [0.2, 0.25) is 0 Å². The zero-order valence-electron chi connectivity index (χ0n) is 17.8. The Kier molecular flexibility index (Phi) is 8.01. The summed E-state index contributed by atoms with van der Waals surface area (Å²) in [5.74, 6) is -6.58. The molecule has 0 saturated heterocycles. The van der Waals surface area contributed by atoms with Gasteiger partial charge in [0.2, 0.25) is 0 Å². The fraction of sp³-hybridized carbons (Fsp3) is 0.476. The van der Waals surface area contributed by atoms with E-state index >= 15 is 0 Å². The van der Waals surface area contributed by atoms with Crippen LogP contribution in [0.4, 0.5) is 5.69 Å². The van der Waals surface area contributed by atoms with Crippen LogP contribution >= 0.6 is 0 Å². The van der Waals surface area contributed by atoms with Gasteiger partial charge in [-0.2, -0.15) is 0 Å². The maximum Gasteiger partial charge on any atom is 0.320 e. The topological polar surface area (TPSA) is 131 Å². The molecule has 0 aromatic heterocycles. The van der Waals surface area contributed by atoms with E-state index in [1.54, 1.807) is 19.9 Å². The molecule has 0 aliphatic heterocycles. The first-order chi connectivity index (χ1) is 14.8. The maximum atomic E-state index is 13.1. The molecule has 0 heterocycles. The van der Waals surface area contributed by atoms with E-state index in [4.69, 9.17) is 18.9 Å². The standard InChI is InChI=1S/C21H25NO9/c1-5-30-19(24)18(20(25)31-6-2)15-11-17(23)14(12-21(15,28-3)29-4)13-9-7-8-10-16(13)22(26)27/h7-10,12,15,18H,5-6,11H2,1-4H3. The summed E-state index contributed by atoms with van der Waals surface area (Å²) in [6.45, 7) is 3.19. The molecular weight excluding hydrogens is 410 g/mol. The number of hydrogen-bond donors (Lipinski definition) is 0. The third-order valence-electron chi connectivity index (χ3n) is 5.08. The number of carbonyl (C=O) groups is 3. The van der Waals surface area contributed by atoms with Crippen LogP contribution in [0.15, 0.2) is 30.3 Å². The van der Waals surface area contributed by atoms with E-state index < -0.39 is 40.3 Å². The Balaban J connectivity index is 2.65. The minimum Gasteiger partial charge on any atom is -0.465 e. The lowest BCUT2D eigenvalue weighted by Gasteiger charge is -2.41. The van der Waals surface area contributed by atoms with Gasteiger partial charge < -0.3 is 18.9 Å². The SMILES string of the molecule is CCOC(=O)C(C(=O)OCC)C1CC(=O)C(c2ccccc2[N+](=O)[O-])=CC1(OC)OC. The first kappa shape index (κ1) is 24.2. The average molecular weight is 435 g/mol. The van der Waals surface area contributed by atoms with Gasteiger partial charge in [0, 0.05) is 38.2 Å². The normalized spacial score (nSPS) is 17.8. The van der Waals surface area contributed by atoms with Gasteiger partial charge in [-0.05, 0) is 26.0 Å². The molecule has 1 aromatic carbocycles. The van der Waals surface area contributed by atoms with Gasteiger partial charge in [0.05, 0.1) is 23.7 Å². The van der Waals surface area contributed by atoms with E-state index in [-0.39, 0.29) is 36.5 Å². The Morgan fingerprint density at radius 1 is 1.13 bits per heavy atom. The highest BCUT2D eigenvalue weighted by Gasteiger charge is 2.54. The van der Waals surface area contributed by atoms with Crippen molar-refractivity contribution in [2.24, 2.45) is 11.8 Å². The van der Waals surface area contributed by atoms with Gasteiger partial charge >= 0.3 is 11.9 Å².